The minimum Gasteiger partial charge on any atom is -0.493 e. The molecule has 1 N–H and O–H groups in total. The van der Waals surface area contributed by atoms with Crippen molar-refractivity contribution in [2.75, 3.05) is 18.9 Å². The van der Waals surface area contributed by atoms with Crippen LogP contribution in [0.3, 0.4) is 0 Å². The van der Waals surface area contributed by atoms with Crippen molar-refractivity contribution in [1.82, 2.24) is 5.32 Å². The van der Waals surface area contributed by atoms with Crippen LogP contribution in [0.1, 0.15) is 57.2 Å². The van der Waals surface area contributed by atoms with Gasteiger partial charge in [0.15, 0.2) is 0 Å². The second-order valence-electron chi connectivity index (χ2n) is 5.85. The zero-order valence-electron chi connectivity index (χ0n) is 13.7. The van der Waals surface area contributed by atoms with Gasteiger partial charge in [-0.05, 0) is 37.8 Å². The van der Waals surface area contributed by atoms with Gasteiger partial charge < -0.3 is 10.1 Å². The molecule has 1 aliphatic rings. The number of nitrogens with one attached hydrogen (secondary N) is 1. The first-order valence-electron chi connectivity index (χ1n) is 8.35. The van der Waals surface area contributed by atoms with Gasteiger partial charge in [0.2, 0.25) is 0 Å². The Morgan fingerprint density at radius 3 is 2.95 bits per heavy atom. The van der Waals surface area contributed by atoms with E-state index in [1.807, 2.05) is 0 Å². The molecule has 0 bridgehead atoms. The SMILES string of the molecule is CCCNC(CSC(C)CC)c1cccc2c1OCCC2. The Kier molecular flexibility index (Phi) is 6.91. The van der Waals surface area contributed by atoms with E-state index in [0.29, 0.717) is 6.04 Å². The number of hydrogen-bond acceptors (Lipinski definition) is 3. The summed E-state index contributed by atoms with van der Waals surface area (Å²) in [6.45, 7) is 8.74. The van der Waals surface area contributed by atoms with Gasteiger partial charge in [-0.3, -0.25) is 0 Å². The van der Waals surface area contributed by atoms with Crippen LogP contribution in [-0.2, 0) is 6.42 Å². The summed E-state index contributed by atoms with van der Waals surface area (Å²) in [7, 11) is 0. The average molecular weight is 308 g/mol. The highest BCUT2D eigenvalue weighted by Gasteiger charge is 2.21. The third-order valence-electron chi connectivity index (χ3n) is 4.10. The fourth-order valence-corrected chi connectivity index (χ4v) is 3.70. The lowest BCUT2D eigenvalue weighted by Crippen LogP contribution is -2.26. The third kappa shape index (κ3) is 4.65. The molecule has 0 radical (unpaired) electrons. The Morgan fingerprint density at radius 2 is 2.19 bits per heavy atom. The highest BCUT2D eigenvalue weighted by atomic mass is 32.2. The second kappa shape index (κ2) is 8.70. The van der Waals surface area contributed by atoms with Crippen molar-refractivity contribution in [3.05, 3.63) is 29.3 Å². The highest BCUT2D eigenvalue weighted by molar-refractivity contribution is 7.99. The molecule has 0 aromatic heterocycles. The molecule has 1 aromatic carbocycles. The van der Waals surface area contributed by atoms with Gasteiger partial charge in [-0.1, -0.05) is 39.0 Å². The molecule has 1 aromatic rings. The van der Waals surface area contributed by atoms with Crippen molar-refractivity contribution in [3.8, 4) is 5.75 Å². The molecule has 1 aliphatic heterocycles. The maximum absolute atomic E-state index is 6.00. The predicted molar refractivity (Wildman–Crippen MR) is 93.5 cm³/mol. The molecule has 0 aliphatic carbocycles. The molecule has 2 atom stereocenters. The largest absolute Gasteiger partial charge is 0.493 e. The van der Waals surface area contributed by atoms with Crippen LogP contribution in [0.5, 0.6) is 5.75 Å². The van der Waals surface area contributed by atoms with Crippen molar-refractivity contribution >= 4 is 11.8 Å². The number of para-hydroxylation sites is 1. The number of ether oxygens (including phenoxy) is 1. The van der Waals surface area contributed by atoms with Gasteiger partial charge in [0.05, 0.1) is 6.61 Å². The topological polar surface area (TPSA) is 21.3 Å². The number of benzene rings is 1. The number of rotatable bonds is 8. The number of thioether (sulfide) groups is 1. The van der Waals surface area contributed by atoms with Crippen molar-refractivity contribution in [2.45, 2.75) is 57.7 Å². The summed E-state index contributed by atoms with van der Waals surface area (Å²) >= 11 is 2.06. The van der Waals surface area contributed by atoms with Crippen LogP contribution in [0.4, 0.5) is 0 Å². The van der Waals surface area contributed by atoms with Gasteiger partial charge in [-0.25, -0.2) is 0 Å². The summed E-state index contributed by atoms with van der Waals surface area (Å²) in [4.78, 5) is 0. The van der Waals surface area contributed by atoms with Crippen LogP contribution >= 0.6 is 11.8 Å². The molecule has 3 heteroatoms. The van der Waals surface area contributed by atoms with E-state index in [9.17, 15) is 0 Å². The summed E-state index contributed by atoms with van der Waals surface area (Å²) < 4.78 is 6.00. The zero-order valence-corrected chi connectivity index (χ0v) is 14.5. The Morgan fingerprint density at radius 1 is 1.33 bits per heavy atom. The van der Waals surface area contributed by atoms with E-state index in [0.717, 1.165) is 42.7 Å². The summed E-state index contributed by atoms with van der Waals surface area (Å²) in [5, 5.41) is 4.43. The molecule has 2 nitrogen and oxygen atoms in total. The summed E-state index contributed by atoms with van der Waals surface area (Å²) in [5.41, 5.74) is 2.74. The van der Waals surface area contributed by atoms with Crippen LogP contribution < -0.4 is 10.1 Å². The normalized spacial score (nSPS) is 16.9. The van der Waals surface area contributed by atoms with E-state index in [-0.39, 0.29) is 0 Å². The summed E-state index contributed by atoms with van der Waals surface area (Å²) in [6.07, 6.45) is 4.70. The van der Waals surface area contributed by atoms with E-state index >= 15 is 0 Å². The van der Waals surface area contributed by atoms with Gasteiger partial charge in [-0.2, -0.15) is 11.8 Å². The van der Waals surface area contributed by atoms with Crippen LogP contribution in [0.15, 0.2) is 18.2 Å². The smallest absolute Gasteiger partial charge is 0.127 e. The molecule has 0 saturated carbocycles. The van der Waals surface area contributed by atoms with Crippen LogP contribution in [0, 0.1) is 0 Å². The number of aryl methyl sites for hydroxylation is 1. The Hall–Kier alpha value is -0.670. The monoisotopic (exact) mass is 307 g/mol. The van der Waals surface area contributed by atoms with Crippen LogP contribution in [0.25, 0.3) is 0 Å². The number of hydrogen-bond donors (Lipinski definition) is 1. The van der Waals surface area contributed by atoms with Crippen LogP contribution in [0.2, 0.25) is 0 Å². The quantitative estimate of drug-likeness (QED) is 0.759. The van der Waals surface area contributed by atoms with Crippen molar-refractivity contribution < 1.29 is 4.74 Å². The minimum atomic E-state index is 0.400. The maximum Gasteiger partial charge on any atom is 0.127 e. The van der Waals surface area contributed by atoms with Gasteiger partial charge in [0.25, 0.3) is 0 Å². The summed E-state index contributed by atoms with van der Waals surface area (Å²) in [5.74, 6) is 2.27. The van der Waals surface area contributed by atoms with Crippen molar-refractivity contribution in [1.29, 1.82) is 0 Å². The van der Waals surface area contributed by atoms with E-state index < -0.39 is 0 Å². The number of fused-ring (bicyclic) bond motifs is 1. The highest BCUT2D eigenvalue weighted by Crippen LogP contribution is 2.34. The molecular formula is C18H29NOS. The van der Waals surface area contributed by atoms with Crippen molar-refractivity contribution in [3.63, 3.8) is 0 Å². The molecule has 0 saturated heterocycles. The van der Waals surface area contributed by atoms with E-state index in [4.69, 9.17) is 4.74 Å². The Bertz CT molecular complexity index is 435. The van der Waals surface area contributed by atoms with Gasteiger partial charge >= 0.3 is 0 Å². The van der Waals surface area contributed by atoms with Gasteiger partial charge in [-0.15, -0.1) is 0 Å². The lowest BCUT2D eigenvalue weighted by atomic mass is 9.98. The molecule has 2 rings (SSSR count). The van der Waals surface area contributed by atoms with Gasteiger partial charge in [0, 0.05) is 22.6 Å². The first-order chi connectivity index (χ1) is 10.3. The molecule has 118 valence electrons. The van der Waals surface area contributed by atoms with E-state index in [1.54, 1.807) is 0 Å². The van der Waals surface area contributed by atoms with E-state index in [2.05, 4.69) is 56.0 Å². The standard InChI is InChI=1S/C18H29NOS/c1-4-11-19-17(13-21-14(3)5-2)16-10-6-8-15-9-7-12-20-18(15)16/h6,8,10,14,17,19H,4-5,7,9,11-13H2,1-3H3. The zero-order chi connectivity index (χ0) is 15.1. The Labute approximate surface area is 134 Å². The maximum atomic E-state index is 6.00. The average Bonchev–Trinajstić information content (AvgIpc) is 2.54. The predicted octanol–water partition coefficient (Wildman–Crippen LogP) is 4.58. The fourth-order valence-electron chi connectivity index (χ4n) is 2.64. The fraction of sp³-hybridized carbons (Fsp3) is 0.667. The molecule has 21 heavy (non-hydrogen) atoms. The molecule has 0 fully saturated rings. The van der Waals surface area contributed by atoms with Gasteiger partial charge in [0.1, 0.15) is 5.75 Å². The minimum absolute atomic E-state index is 0.400. The molecular weight excluding hydrogens is 278 g/mol. The first kappa shape index (κ1) is 16.7. The first-order valence-corrected chi connectivity index (χ1v) is 9.40. The molecule has 2 unspecified atom stereocenters. The summed E-state index contributed by atoms with van der Waals surface area (Å²) in [6, 6.07) is 7.06. The lowest BCUT2D eigenvalue weighted by molar-refractivity contribution is 0.282. The van der Waals surface area contributed by atoms with E-state index in [1.165, 1.54) is 24.0 Å². The van der Waals surface area contributed by atoms with Crippen molar-refractivity contribution in [2.24, 2.45) is 0 Å². The molecule has 0 spiro atoms. The molecule has 1 heterocycles. The molecule has 0 amide bonds. The second-order valence-corrected chi connectivity index (χ2v) is 7.32. The third-order valence-corrected chi connectivity index (χ3v) is 5.53. The Balaban J connectivity index is 2.15. The lowest BCUT2D eigenvalue weighted by Gasteiger charge is -2.26. The van der Waals surface area contributed by atoms with Crippen LogP contribution in [-0.4, -0.2) is 24.2 Å².